The molecule has 1 N–H and O–H groups in total. The fraction of sp³-hybridized carbons (Fsp3) is 0.462. The van der Waals surface area contributed by atoms with Crippen LogP contribution in [0.4, 0.5) is 5.69 Å². The van der Waals surface area contributed by atoms with Crippen LogP contribution < -0.4 is 14.8 Å². The van der Waals surface area contributed by atoms with Gasteiger partial charge in [-0.3, -0.25) is 0 Å². The average molecular weight is 253 g/mol. The third kappa shape index (κ3) is 3.29. The smallest absolute Gasteiger partial charge is 0.328 e. The van der Waals surface area contributed by atoms with Gasteiger partial charge in [-0.1, -0.05) is 6.92 Å². The summed E-state index contributed by atoms with van der Waals surface area (Å²) in [5.74, 6) is 0.976. The lowest BCUT2D eigenvalue weighted by Gasteiger charge is -2.17. The zero-order chi connectivity index (χ0) is 13.5. The minimum atomic E-state index is -0.367. The second-order valence-electron chi connectivity index (χ2n) is 3.70. The maximum Gasteiger partial charge on any atom is 0.328 e. The topological polar surface area (TPSA) is 56.8 Å². The Kier molecular flexibility index (Phi) is 5.30. The van der Waals surface area contributed by atoms with Gasteiger partial charge in [0, 0.05) is 11.8 Å². The first-order chi connectivity index (χ1) is 8.65. The number of carbonyl (C=O) groups is 1. The lowest BCUT2D eigenvalue weighted by molar-refractivity contribution is -0.141. The van der Waals surface area contributed by atoms with E-state index in [0.717, 1.165) is 5.69 Å². The van der Waals surface area contributed by atoms with Gasteiger partial charge in [-0.2, -0.15) is 0 Å². The summed E-state index contributed by atoms with van der Waals surface area (Å²) < 4.78 is 15.1. The van der Waals surface area contributed by atoms with Crippen LogP contribution in [0.25, 0.3) is 0 Å². The summed E-state index contributed by atoms with van der Waals surface area (Å²) in [6.07, 6.45) is 0.640. The van der Waals surface area contributed by atoms with E-state index in [1.807, 2.05) is 13.0 Å². The first-order valence-corrected chi connectivity index (χ1v) is 5.72. The Labute approximate surface area is 107 Å². The molecular weight excluding hydrogens is 234 g/mol. The normalized spacial score (nSPS) is 11.6. The molecule has 5 nitrogen and oxygen atoms in total. The number of hydrogen-bond acceptors (Lipinski definition) is 5. The molecule has 0 amide bonds. The van der Waals surface area contributed by atoms with Gasteiger partial charge >= 0.3 is 5.97 Å². The predicted molar refractivity (Wildman–Crippen MR) is 69.3 cm³/mol. The summed E-state index contributed by atoms with van der Waals surface area (Å²) in [4.78, 5) is 11.5. The summed E-state index contributed by atoms with van der Waals surface area (Å²) in [6, 6.07) is 5.02. The van der Waals surface area contributed by atoms with Gasteiger partial charge in [0.25, 0.3) is 0 Å². The van der Waals surface area contributed by atoms with Crippen molar-refractivity contribution in [1.82, 2.24) is 0 Å². The molecule has 18 heavy (non-hydrogen) atoms. The number of carbonyl (C=O) groups excluding carboxylic acids is 1. The Morgan fingerprint density at radius 1 is 1.22 bits per heavy atom. The van der Waals surface area contributed by atoms with Crippen molar-refractivity contribution in [2.45, 2.75) is 19.4 Å². The van der Waals surface area contributed by atoms with Crippen molar-refractivity contribution in [3.05, 3.63) is 18.2 Å². The number of nitrogens with one attached hydrogen (secondary N) is 1. The fourth-order valence-electron chi connectivity index (χ4n) is 1.60. The molecule has 0 aliphatic carbocycles. The first-order valence-electron chi connectivity index (χ1n) is 5.72. The minimum Gasteiger partial charge on any atom is -0.493 e. The van der Waals surface area contributed by atoms with Crippen molar-refractivity contribution >= 4 is 11.7 Å². The van der Waals surface area contributed by atoms with E-state index in [2.05, 4.69) is 5.32 Å². The molecule has 0 aliphatic rings. The number of benzene rings is 1. The molecule has 0 saturated heterocycles. The van der Waals surface area contributed by atoms with Crippen molar-refractivity contribution in [2.24, 2.45) is 0 Å². The van der Waals surface area contributed by atoms with Crippen LogP contribution in [0.3, 0.4) is 0 Å². The summed E-state index contributed by atoms with van der Waals surface area (Å²) in [5.41, 5.74) is 0.782. The fourth-order valence-corrected chi connectivity index (χ4v) is 1.60. The van der Waals surface area contributed by atoms with Gasteiger partial charge in [0.05, 0.1) is 21.3 Å². The van der Waals surface area contributed by atoms with Gasteiger partial charge < -0.3 is 19.5 Å². The van der Waals surface area contributed by atoms with Crippen LogP contribution in [0.15, 0.2) is 18.2 Å². The molecule has 100 valence electrons. The molecule has 0 aromatic heterocycles. The minimum absolute atomic E-state index is 0.285. The van der Waals surface area contributed by atoms with Crippen LogP contribution in [-0.2, 0) is 9.53 Å². The third-order valence-corrected chi connectivity index (χ3v) is 2.62. The van der Waals surface area contributed by atoms with E-state index in [0.29, 0.717) is 17.9 Å². The van der Waals surface area contributed by atoms with Gasteiger partial charge in [-0.05, 0) is 18.6 Å². The van der Waals surface area contributed by atoms with Gasteiger partial charge in [0.2, 0.25) is 0 Å². The molecule has 1 aromatic rings. The SMILES string of the molecule is CCC(Nc1ccc(OC)c(OC)c1)C(=O)OC. The Morgan fingerprint density at radius 3 is 2.39 bits per heavy atom. The van der Waals surface area contributed by atoms with E-state index in [-0.39, 0.29) is 12.0 Å². The molecule has 0 saturated carbocycles. The van der Waals surface area contributed by atoms with Crippen LogP contribution in [-0.4, -0.2) is 33.3 Å². The summed E-state index contributed by atoms with van der Waals surface area (Å²) in [6.45, 7) is 1.91. The molecule has 0 aliphatic heterocycles. The van der Waals surface area contributed by atoms with E-state index in [1.165, 1.54) is 7.11 Å². The molecule has 1 rings (SSSR count). The molecule has 5 heteroatoms. The highest BCUT2D eigenvalue weighted by molar-refractivity contribution is 5.79. The van der Waals surface area contributed by atoms with Crippen LogP contribution in [0, 0.1) is 0 Å². The predicted octanol–water partition coefficient (Wildman–Crippen LogP) is 2.07. The third-order valence-electron chi connectivity index (χ3n) is 2.62. The molecule has 0 bridgehead atoms. The van der Waals surface area contributed by atoms with Crippen molar-refractivity contribution < 1.29 is 19.0 Å². The Hall–Kier alpha value is -1.91. The van der Waals surface area contributed by atoms with Gasteiger partial charge in [-0.15, -0.1) is 0 Å². The largest absolute Gasteiger partial charge is 0.493 e. The summed E-state index contributed by atoms with van der Waals surface area (Å²) in [7, 11) is 4.52. The van der Waals surface area contributed by atoms with Gasteiger partial charge in [0.15, 0.2) is 11.5 Å². The van der Waals surface area contributed by atoms with E-state index in [1.54, 1.807) is 26.4 Å². The molecule has 0 fully saturated rings. The van der Waals surface area contributed by atoms with Crippen molar-refractivity contribution in [3.8, 4) is 11.5 Å². The molecule has 0 spiro atoms. The maximum absolute atomic E-state index is 11.5. The first kappa shape index (κ1) is 14.2. The zero-order valence-corrected chi connectivity index (χ0v) is 11.1. The monoisotopic (exact) mass is 253 g/mol. The van der Waals surface area contributed by atoms with E-state index >= 15 is 0 Å². The van der Waals surface area contributed by atoms with Crippen molar-refractivity contribution in [2.75, 3.05) is 26.6 Å². The maximum atomic E-state index is 11.5. The number of anilines is 1. The highest BCUT2D eigenvalue weighted by Crippen LogP contribution is 2.30. The quantitative estimate of drug-likeness (QED) is 0.786. The number of rotatable bonds is 6. The molecule has 1 unspecified atom stereocenters. The number of hydrogen-bond donors (Lipinski definition) is 1. The zero-order valence-electron chi connectivity index (χ0n) is 11.1. The molecular formula is C13H19NO4. The molecule has 0 heterocycles. The van der Waals surface area contributed by atoms with Gasteiger partial charge in [0.1, 0.15) is 6.04 Å². The second-order valence-corrected chi connectivity index (χ2v) is 3.70. The average Bonchev–Trinajstić information content (AvgIpc) is 2.43. The highest BCUT2D eigenvalue weighted by Gasteiger charge is 2.17. The van der Waals surface area contributed by atoms with Crippen molar-refractivity contribution in [3.63, 3.8) is 0 Å². The second kappa shape index (κ2) is 6.74. The summed E-state index contributed by atoms with van der Waals surface area (Å²) in [5, 5.41) is 3.10. The molecule has 1 aromatic carbocycles. The highest BCUT2D eigenvalue weighted by atomic mass is 16.5. The summed E-state index contributed by atoms with van der Waals surface area (Å²) >= 11 is 0. The van der Waals surface area contributed by atoms with Crippen LogP contribution >= 0.6 is 0 Å². The van der Waals surface area contributed by atoms with Crippen LogP contribution in [0.1, 0.15) is 13.3 Å². The van der Waals surface area contributed by atoms with Crippen LogP contribution in [0.2, 0.25) is 0 Å². The number of ether oxygens (including phenoxy) is 3. The lowest BCUT2D eigenvalue weighted by Crippen LogP contribution is -2.29. The number of esters is 1. The Morgan fingerprint density at radius 2 is 1.89 bits per heavy atom. The molecule has 0 radical (unpaired) electrons. The van der Waals surface area contributed by atoms with E-state index < -0.39 is 0 Å². The van der Waals surface area contributed by atoms with Gasteiger partial charge in [-0.25, -0.2) is 4.79 Å². The standard InChI is InChI=1S/C13H19NO4/c1-5-10(13(15)18-4)14-9-6-7-11(16-2)12(8-9)17-3/h6-8,10,14H,5H2,1-4H3. The Balaban J connectivity index is 2.87. The lowest BCUT2D eigenvalue weighted by atomic mass is 10.2. The van der Waals surface area contributed by atoms with Crippen LogP contribution in [0.5, 0.6) is 11.5 Å². The molecule has 1 atom stereocenters. The Bertz CT molecular complexity index is 406. The van der Waals surface area contributed by atoms with Crippen molar-refractivity contribution in [1.29, 1.82) is 0 Å². The number of methoxy groups -OCH3 is 3. The van der Waals surface area contributed by atoms with E-state index in [4.69, 9.17) is 14.2 Å². The van der Waals surface area contributed by atoms with E-state index in [9.17, 15) is 4.79 Å².